The van der Waals surface area contributed by atoms with Crippen molar-refractivity contribution in [2.24, 2.45) is 5.73 Å². The van der Waals surface area contributed by atoms with Crippen LogP contribution < -0.4 is 10.5 Å². The average molecular weight is 300 g/mol. The number of pyridine rings is 1. The number of carbonyl (C=O) groups is 1. The summed E-state index contributed by atoms with van der Waals surface area (Å²) in [4.78, 5) is 14.6. The van der Waals surface area contributed by atoms with Gasteiger partial charge in [0.15, 0.2) is 5.75 Å². The summed E-state index contributed by atoms with van der Waals surface area (Å²) in [6.07, 6.45) is -7.86. The van der Waals surface area contributed by atoms with Gasteiger partial charge in [0.05, 0.1) is 13.3 Å². The van der Waals surface area contributed by atoms with Crippen molar-refractivity contribution in [2.45, 2.75) is 19.3 Å². The molecule has 0 radical (unpaired) electrons. The highest BCUT2D eigenvalue weighted by atomic mass is 19.4. The molecule has 0 saturated carbocycles. The number of nitrogens with zero attached hydrogens (tertiary/aromatic N) is 1. The number of halogens is 5. The Balaban J connectivity index is 3.49. The number of ether oxygens (including phenoxy) is 2. The number of methoxy groups -OCH3 is 1. The predicted octanol–water partition coefficient (Wildman–Crippen LogP) is 2.16. The molecule has 0 unspecified atom stereocenters. The first-order chi connectivity index (χ1) is 9.21. The molecular weight excluding hydrogens is 291 g/mol. The van der Waals surface area contributed by atoms with Crippen LogP contribution in [0.2, 0.25) is 0 Å². The second-order valence-corrected chi connectivity index (χ2v) is 3.41. The number of aromatic nitrogens is 1. The van der Waals surface area contributed by atoms with Crippen LogP contribution in [0.1, 0.15) is 28.0 Å². The lowest BCUT2D eigenvalue weighted by molar-refractivity contribution is -0.274. The van der Waals surface area contributed by atoms with Gasteiger partial charge in [0, 0.05) is 12.1 Å². The van der Waals surface area contributed by atoms with E-state index in [1.807, 2.05) is 0 Å². The largest absolute Gasteiger partial charge is 0.573 e. The van der Waals surface area contributed by atoms with E-state index in [1.165, 1.54) is 0 Å². The molecule has 0 amide bonds. The molecule has 0 aliphatic heterocycles. The first-order valence-electron chi connectivity index (χ1n) is 5.05. The summed E-state index contributed by atoms with van der Waals surface area (Å²) in [7, 11) is 0.877. The molecule has 0 aromatic carbocycles. The normalized spacial score (nSPS) is 11.6. The van der Waals surface area contributed by atoms with Gasteiger partial charge in [-0.25, -0.2) is 13.6 Å². The Morgan fingerprint density at radius 1 is 1.45 bits per heavy atom. The van der Waals surface area contributed by atoms with Crippen LogP contribution in [0.15, 0.2) is 6.20 Å². The molecule has 0 saturated heterocycles. The van der Waals surface area contributed by atoms with Gasteiger partial charge in [-0.05, 0) is 0 Å². The zero-order chi connectivity index (χ0) is 15.5. The van der Waals surface area contributed by atoms with Crippen LogP contribution in [0.25, 0.3) is 0 Å². The van der Waals surface area contributed by atoms with Crippen LogP contribution in [0.3, 0.4) is 0 Å². The van der Waals surface area contributed by atoms with Gasteiger partial charge in [-0.1, -0.05) is 0 Å². The zero-order valence-corrected chi connectivity index (χ0v) is 10.0. The topological polar surface area (TPSA) is 74.4 Å². The van der Waals surface area contributed by atoms with Crippen LogP contribution in [-0.2, 0) is 11.3 Å². The maximum absolute atomic E-state index is 12.7. The third kappa shape index (κ3) is 3.53. The van der Waals surface area contributed by atoms with Crippen molar-refractivity contribution < 1.29 is 36.2 Å². The van der Waals surface area contributed by atoms with E-state index in [2.05, 4.69) is 14.5 Å². The number of esters is 1. The Hall–Kier alpha value is -1.97. The van der Waals surface area contributed by atoms with Crippen molar-refractivity contribution in [2.75, 3.05) is 7.11 Å². The molecule has 0 fully saturated rings. The molecule has 112 valence electrons. The van der Waals surface area contributed by atoms with Crippen molar-refractivity contribution in [1.29, 1.82) is 0 Å². The van der Waals surface area contributed by atoms with Crippen molar-refractivity contribution >= 4 is 5.97 Å². The van der Waals surface area contributed by atoms with Gasteiger partial charge in [0.2, 0.25) is 0 Å². The number of nitrogens with two attached hydrogens (primary N) is 1. The van der Waals surface area contributed by atoms with Crippen molar-refractivity contribution in [3.05, 3.63) is 23.0 Å². The Bertz CT molecular complexity index is 504. The smallest absolute Gasteiger partial charge is 0.465 e. The Morgan fingerprint density at radius 2 is 2.05 bits per heavy atom. The lowest BCUT2D eigenvalue weighted by Crippen LogP contribution is -2.22. The molecule has 20 heavy (non-hydrogen) atoms. The Kier molecular flexibility index (Phi) is 4.82. The molecule has 0 bridgehead atoms. The number of hydrogen-bond donors (Lipinski definition) is 1. The molecule has 0 spiro atoms. The minimum absolute atomic E-state index is 0.375. The SMILES string of the molecule is COC(=O)c1c(OC(F)(F)F)cnc(C(F)F)c1CN. The van der Waals surface area contributed by atoms with Crippen molar-refractivity contribution in [1.82, 2.24) is 4.98 Å². The predicted molar refractivity (Wildman–Crippen MR) is 55.1 cm³/mol. The maximum atomic E-state index is 12.7. The molecule has 1 rings (SSSR count). The summed E-state index contributed by atoms with van der Waals surface area (Å²) < 4.78 is 69.8. The second kappa shape index (κ2) is 5.99. The molecule has 0 atom stereocenters. The molecule has 0 aliphatic carbocycles. The molecule has 1 aromatic heterocycles. The number of rotatable bonds is 4. The Morgan fingerprint density at radius 3 is 2.45 bits per heavy atom. The van der Waals surface area contributed by atoms with Crippen molar-refractivity contribution in [3.63, 3.8) is 0 Å². The van der Waals surface area contributed by atoms with Crippen LogP contribution >= 0.6 is 0 Å². The highest BCUT2D eigenvalue weighted by Crippen LogP contribution is 2.32. The van der Waals surface area contributed by atoms with Crippen LogP contribution in [0, 0.1) is 0 Å². The third-order valence-electron chi connectivity index (χ3n) is 2.20. The van der Waals surface area contributed by atoms with E-state index in [-0.39, 0.29) is 0 Å². The fourth-order valence-corrected chi connectivity index (χ4v) is 1.47. The maximum Gasteiger partial charge on any atom is 0.573 e. The molecule has 2 N–H and O–H groups in total. The summed E-state index contributed by atoms with van der Waals surface area (Å²) >= 11 is 0. The summed E-state index contributed by atoms with van der Waals surface area (Å²) in [5.41, 5.74) is 2.91. The van der Waals surface area contributed by atoms with E-state index in [0.29, 0.717) is 6.20 Å². The minimum Gasteiger partial charge on any atom is -0.465 e. The summed E-state index contributed by atoms with van der Waals surface area (Å²) in [5, 5.41) is 0. The zero-order valence-electron chi connectivity index (χ0n) is 10.0. The fourth-order valence-electron chi connectivity index (χ4n) is 1.47. The summed E-state index contributed by atoms with van der Waals surface area (Å²) in [5.74, 6) is -2.33. The van der Waals surface area contributed by atoms with E-state index in [4.69, 9.17) is 5.73 Å². The Labute approximate surface area is 109 Å². The van der Waals surface area contributed by atoms with Crippen molar-refractivity contribution in [3.8, 4) is 5.75 Å². The second-order valence-electron chi connectivity index (χ2n) is 3.41. The summed E-state index contributed by atoms with van der Waals surface area (Å²) in [6.45, 7) is -0.633. The van der Waals surface area contributed by atoms with E-state index in [9.17, 15) is 26.7 Å². The third-order valence-corrected chi connectivity index (χ3v) is 2.20. The first kappa shape index (κ1) is 16.1. The van der Waals surface area contributed by atoms with E-state index < -0.39 is 47.9 Å². The van der Waals surface area contributed by atoms with E-state index >= 15 is 0 Å². The molecule has 5 nitrogen and oxygen atoms in total. The quantitative estimate of drug-likeness (QED) is 0.681. The van der Waals surface area contributed by atoms with Crippen LogP contribution in [-0.4, -0.2) is 24.4 Å². The molecule has 1 heterocycles. The van der Waals surface area contributed by atoms with Crippen LogP contribution in [0.4, 0.5) is 22.0 Å². The van der Waals surface area contributed by atoms with Crippen LogP contribution in [0.5, 0.6) is 5.75 Å². The minimum atomic E-state index is -5.12. The van der Waals surface area contributed by atoms with Gasteiger partial charge < -0.3 is 15.2 Å². The van der Waals surface area contributed by atoms with Gasteiger partial charge >= 0.3 is 12.3 Å². The lowest BCUT2D eigenvalue weighted by atomic mass is 10.1. The van der Waals surface area contributed by atoms with Gasteiger partial charge in [0.1, 0.15) is 11.3 Å². The summed E-state index contributed by atoms with van der Waals surface area (Å²) in [6, 6.07) is 0. The molecule has 0 aliphatic rings. The highest BCUT2D eigenvalue weighted by Gasteiger charge is 2.35. The molecule has 1 aromatic rings. The van der Waals surface area contributed by atoms with Gasteiger partial charge in [-0.2, -0.15) is 0 Å². The van der Waals surface area contributed by atoms with E-state index in [1.54, 1.807) is 0 Å². The average Bonchev–Trinajstić information content (AvgIpc) is 2.34. The number of hydrogen-bond acceptors (Lipinski definition) is 5. The molecule has 10 heteroatoms. The van der Waals surface area contributed by atoms with E-state index in [0.717, 1.165) is 7.11 Å². The lowest BCUT2D eigenvalue weighted by Gasteiger charge is -2.16. The standard InChI is InChI=1S/C10H9F5N2O3/c1-19-9(18)6-4(2-16)7(8(11)12)17-3-5(6)20-10(13,14)15/h3,8H,2,16H2,1H3. The van der Waals surface area contributed by atoms with Gasteiger partial charge in [0.25, 0.3) is 6.43 Å². The van der Waals surface area contributed by atoms with Gasteiger partial charge in [-0.15, -0.1) is 13.2 Å². The molecular formula is C10H9F5N2O3. The monoisotopic (exact) mass is 300 g/mol. The first-order valence-corrected chi connectivity index (χ1v) is 5.05. The highest BCUT2D eigenvalue weighted by molar-refractivity contribution is 5.94. The van der Waals surface area contributed by atoms with Gasteiger partial charge in [-0.3, -0.25) is 4.98 Å². The number of carbonyl (C=O) groups excluding carboxylic acids is 1. The number of alkyl halides is 5. The fraction of sp³-hybridized carbons (Fsp3) is 0.400.